The second-order valence-electron chi connectivity index (χ2n) is 4.70. The molecule has 18 heavy (non-hydrogen) atoms. The molecule has 0 aromatic carbocycles. The summed E-state index contributed by atoms with van der Waals surface area (Å²) in [6.07, 6.45) is 0. The van der Waals surface area contributed by atoms with E-state index in [-0.39, 0.29) is 17.5 Å². The molecule has 1 heterocycles. The molecule has 0 spiro atoms. The monoisotopic (exact) mass is 253 g/mol. The van der Waals surface area contributed by atoms with E-state index in [0.29, 0.717) is 0 Å². The molecule has 1 aromatic rings. The van der Waals surface area contributed by atoms with Crippen LogP contribution < -0.4 is 0 Å². The van der Waals surface area contributed by atoms with Crippen LogP contribution in [-0.2, 0) is 4.79 Å². The molecule has 0 saturated heterocycles. The minimum Gasteiger partial charge on any atom is -0.480 e. The number of aromatic nitrogens is 2. The van der Waals surface area contributed by atoms with Crippen molar-refractivity contribution in [1.29, 1.82) is 0 Å². The van der Waals surface area contributed by atoms with Gasteiger partial charge in [-0.05, 0) is 19.8 Å². The second kappa shape index (κ2) is 5.20. The molecule has 0 aliphatic heterocycles. The molecule has 0 fully saturated rings. The van der Waals surface area contributed by atoms with Crippen molar-refractivity contribution >= 4 is 11.9 Å². The van der Waals surface area contributed by atoms with E-state index in [1.165, 1.54) is 18.9 Å². The molecule has 2 N–H and O–H groups in total. The lowest BCUT2D eigenvalue weighted by atomic mass is 10.0. The molecule has 1 aromatic heterocycles. The van der Waals surface area contributed by atoms with Crippen LogP contribution in [0.3, 0.4) is 0 Å². The number of aliphatic carboxylic acids is 1. The van der Waals surface area contributed by atoms with Crippen molar-refractivity contribution in [2.24, 2.45) is 0 Å². The SMILES string of the molecule is Cc1c(C(=O)N(C)C(C)C(=O)O)n[nH]c1C(C)C. The Balaban J connectivity index is 3.01. The number of likely N-dealkylation sites (N-methyl/N-ethyl adjacent to an activating group) is 1. The Morgan fingerprint density at radius 2 is 1.89 bits per heavy atom. The molecule has 6 heteroatoms. The lowest BCUT2D eigenvalue weighted by Gasteiger charge is -2.20. The number of carboxylic acid groups (broad SMARTS) is 1. The molecule has 1 atom stereocenters. The Morgan fingerprint density at radius 1 is 1.33 bits per heavy atom. The van der Waals surface area contributed by atoms with Gasteiger partial charge in [-0.2, -0.15) is 5.10 Å². The number of amides is 1. The van der Waals surface area contributed by atoms with Gasteiger partial charge >= 0.3 is 5.97 Å². The minimum atomic E-state index is -1.04. The van der Waals surface area contributed by atoms with Crippen LogP contribution in [-0.4, -0.2) is 45.2 Å². The van der Waals surface area contributed by atoms with Gasteiger partial charge in [-0.25, -0.2) is 4.79 Å². The van der Waals surface area contributed by atoms with Crippen molar-refractivity contribution in [3.05, 3.63) is 17.0 Å². The maximum Gasteiger partial charge on any atom is 0.326 e. The molecule has 1 unspecified atom stereocenters. The van der Waals surface area contributed by atoms with Gasteiger partial charge in [0.1, 0.15) is 6.04 Å². The summed E-state index contributed by atoms with van der Waals surface area (Å²) in [5.74, 6) is -1.19. The normalized spacial score (nSPS) is 12.6. The number of nitrogens with one attached hydrogen (secondary N) is 1. The molecule has 1 amide bonds. The molecular weight excluding hydrogens is 234 g/mol. The minimum absolute atomic E-state index is 0.237. The van der Waals surface area contributed by atoms with Crippen LogP contribution >= 0.6 is 0 Å². The summed E-state index contributed by atoms with van der Waals surface area (Å²) < 4.78 is 0. The van der Waals surface area contributed by atoms with Crippen molar-refractivity contribution in [3.63, 3.8) is 0 Å². The average Bonchev–Trinajstić information content (AvgIpc) is 2.68. The van der Waals surface area contributed by atoms with E-state index in [2.05, 4.69) is 10.2 Å². The van der Waals surface area contributed by atoms with Crippen LogP contribution in [0, 0.1) is 6.92 Å². The van der Waals surface area contributed by atoms with Crippen molar-refractivity contribution < 1.29 is 14.7 Å². The number of aromatic amines is 1. The van der Waals surface area contributed by atoms with Gasteiger partial charge in [0.2, 0.25) is 0 Å². The van der Waals surface area contributed by atoms with Gasteiger partial charge in [0.15, 0.2) is 5.69 Å². The number of nitrogens with zero attached hydrogens (tertiary/aromatic N) is 2. The van der Waals surface area contributed by atoms with Crippen LogP contribution in [0.25, 0.3) is 0 Å². The van der Waals surface area contributed by atoms with Gasteiger partial charge in [-0.1, -0.05) is 13.8 Å². The zero-order valence-electron chi connectivity index (χ0n) is 11.3. The molecular formula is C12H19N3O3. The van der Waals surface area contributed by atoms with Crippen molar-refractivity contribution in [2.45, 2.75) is 39.7 Å². The Kier molecular flexibility index (Phi) is 4.11. The van der Waals surface area contributed by atoms with Crippen LogP contribution in [0.5, 0.6) is 0 Å². The van der Waals surface area contributed by atoms with Gasteiger partial charge in [0.05, 0.1) is 0 Å². The highest BCUT2D eigenvalue weighted by atomic mass is 16.4. The predicted molar refractivity (Wildman–Crippen MR) is 66.6 cm³/mol. The van der Waals surface area contributed by atoms with Gasteiger partial charge < -0.3 is 10.0 Å². The number of carbonyl (C=O) groups excluding carboxylic acids is 1. The molecule has 1 rings (SSSR count). The molecule has 6 nitrogen and oxygen atoms in total. The fourth-order valence-corrected chi connectivity index (χ4v) is 1.69. The van der Waals surface area contributed by atoms with E-state index in [1.54, 1.807) is 0 Å². The summed E-state index contributed by atoms with van der Waals surface area (Å²) in [4.78, 5) is 24.2. The third-order valence-corrected chi connectivity index (χ3v) is 3.09. The molecule has 0 saturated carbocycles. The molecule has 0 bridgehead atoms. The van der Waals surface area contributed by atoms with E-state index in [1.807, 2.05) is 20.8 Å². The van der Waals surface area contributed by atoms with Crippen LogP contribution in [0.1, 0.15) is 48.4 Å². The van der Waals surface area contributed by atoms with Crippen molar-refractivity contribution in [2.75, 3.05) is 7.05 Å². The highest BCUT2D eigenvalue weighted by molar-refractivity contribution is 5.96. The summed E-state index contributed by atoms with van der Waals surface area (Å²) >= 11 is 0. The number of hydrogen-bond acceptors (Lipinski definition) is 3. The first-order chi connectivity index (χ1) is 8.27. The number of carboxylic acids is 1. The Morgan fingerprint density at radius 3 is 2.28 bits per heavy atom. The lowest BCUT2D eigenvalue weighted by Crippen LogP contribution is -2.40. The highest BCUT2D eigenvalue weighted by Crippen LogP contribution is 2.20. The third-order valence-electron chi connectivity index (χ3n) is 3.09. The summed E-state index contributed by atoms with van der Waals surface area (Å²) in [6.45, 7) is 7.27. The fraction of sp³-hybridized carbons (Fsp3) is 0.583. The first-order valence-corrected chi connectivity index (χ1v) is 5.82. The molecule has 0 aliphatic carbocycles. The molecule has 100 valence electrons. The van der Waals surface area contributed by atoms with Crippen molar-refractivity contribution in [3.8, 4) is 0 Å². The first-order valence-electron chi connectivity index (χ1n) is 5.82. The largest absolute Gasteiger partial charge is 0.480 e. The summed E-state index contributed by atoms with van der Waals surface area (Å²) in [6, 6.07) is -0.879. The van der Waals surface area contributed by atoms with Gasteiger partial charge in [0.25, 0.3) is 5.91 Å². The average molecular weight is 253 g/mol. The number of carbonyl (C=O) groups is 2. The van der Waals surface area contributed by atoms with Gasteiger partial charge in [-0.15, -0.1) is 0 Å². The predicted octanol–water partition coefficient (Wildman–Crippen LogP) is 1.39. The summed E-state index contributed by atoms with van der Waals surface area (Å²) in [7, 11) is 1.46. The first kappa shape index (κ1) is 14.2. The smallest absolute Gasteiger partial charge is 0.326 e. The topological polar surface area (TPSA) is 86.3 Å². The van der Waals surface area contributed by atoms with E-state index in [4.69, 9.17) is 5.11 Å². The zero-order valence-corrected chi connectivity index (χ0v) is 11.3. The van der Waals surface area contributed by atoms with Crippen LogP contribution in [0.15, 0.2) is 0 Å². The Hall–Kier alpha value is -1.85. The van der Waals surface area contributed by atoms with E-state index < -0.39 is 12.0 Å². The van der Waals surface area contributed by atoms with Gasteiger partial charge in [-0.3, -0.25) is 9.89 Å². The van der Waals surface area contributed by atoms with Crippen LogP contribution in [0.2, 0.25) is 0 Å². The second-order valence-corrected chi connectivity index (χ2v) is 4.70. The third kappa shape index (κ3) is 2.52. The van der Waals surface area contributed by atoms with E-state index in [0.717, 1.165) is 11.3 Å². The number of hydrogen-bond donors (Lipinski definition) is 2. The van der Waals surface area contributed by atoms with Gasteiger partial charge in [0, 0.05) is 18.3 Å². The maximum absolute atomic E-state index is 12.1. The number of H-pyrrole nitrogens is 1. The van der Waals surface area contributed by atoms with E-state index >= 15 is 0 Å². The maximum atomic E-state index is 12.1. The molecule has 0 aliphatic rings. The zero-order chi connectivity index (χ0) is 14.0. The van der Waals surface area contributed by atoms with Crippen LogP contribution in [0.4, 0.5) is 0 Å². The fourth-order valence-electron chi connectivity index (χ4n) is 1.69. The summed E-state index contributed by atoms with van der Waals surface area (Å²) in [5.41, 5.74) is 1.96. The van der Waals surface area contributed by atoms with E-state index in [9.17, 15) is 9.59 Å². The molecule has 0 radical (unpaired) electrons. The highest BCUT2D eigenvalue weighted by Gasteiger charge is 2.26. The Bertz CT molecular complexity index is 465. The standard InChI is InChI=1S/C12H19N3O3/c1-6(2)9-7(3)10(14-13-9)11(16)15(5)8(4)12(17)18/h6,8H,1-5H3,(H,13,14)(H,17,18). The van der Waals surface area contributed by atoms with Crippen molar-refractivity contribution in [1.82, 2.24) is 15.1 Å². The Labute approximate surface area is 106 Å². The number of rotatable bonds is 4. The summed E-state index contributed by atoms with van der Waals surface area (Å²) in [5, 5.41) is 15.7. The lowest BCUT2D eigenvalue weighted by molar-refractivity contribution is -0.141. The quantitative estimate of drug-likeness (QED) is 0.848.